The lowest BCUT2D eigenvalue weighted by Crippen LogP contribution is -2.22. The lowest BCUT2D eigenvalue weighted by molar-refractivity contribution is 0.124. The van der Waals surface area contributed by atoms with Crippen LogP contribution in [0.5, 0.6) is 23.0 Å². The molecule has 1 aliphatic rings. The van der Waals surface area contributed by atoms with Crippen molar-refractivity contribution in [3.05, 3.63) is 101 Å². The van der Waals surface area contributed by atoms with E-state index in [1.54, 1.807) is 49.4 Å². The number of phenols is 1. The Morgan fingerprint density at radius 3 is 2.55 bits per heavy atom. The van der Waals surface area contributed by atoms with Crippen molar-refractivity contribution in [2.75, 3.05) is 14.2 Å². The fraction of sp³-hybridized carbons (Fsp3) is 0.258. The SMILES string of the molecule is COc1ccc([C@@H]2C/C(=N/OCc3cn(-c4ccc(O)cc4)nn3)c3cc(CC=C(C)C)c(OC)cc3O2)cc1. The summed E-state index contributed by atoms with van der Waals surface area (Å²) in [5.74, 6) is 2.42. The van der Waals surface area contributed by atoms with Crippen molar-refractivity contribution in [2.24, 2.45) is 5.16 Å². The van der Waals surface area contributed by atoms with Crippen molar-refractivity contribution >= 4 is 5.71 Å². The second-order valence-electron chi connectivity index (χ2n) is 9.71. The first-order chi connectivity index (χ1) is 19.4. The van der Waals surface area contributed by atoms with Gasteiger partial charge in [0, 0.05) is 18.1 Å². The second kappa shape index (κ2) is 11.9. The van der Waals surface area contributed by atoms with Crippen molar-refractivity contribution in [2.45, 2.75) is 39.4 Å². The van der Waals surface area contributed by atoms with E-state index in [2.05, 4.69) is 41.5 Å². The van der Waals surface area contributed by atoms with Gasteiger partial charge in [-0.25, -0.2) is 4.68 Å². The summed E-state index contributed by atoms with van der Waals surface area (Å²) in [5.41, 5.74) is 6.32. The van der Waals surface area contributed by atoms with Crippen LogP contribution in [0.1, 0.15) is 48.8 Å². The first kappa shape index (κ1) is 26.8. The predicted octanol–water partition coefficient (Wildman–Crippen LogP) is 5.94. The Hall–Kier alpha value is -4.79. The van der Waals surface area contributed by atoms with Crippen LogP contribution in [0.3, 0.4) is 0 Å². The van der Waals surface area contributed by atoms with Gasteiger partial charge in [0.1, 0.15) is 34.8 Å². The van der Waals surface area contributed by atoms with Crippen LogP contribution in [-0.2, 0) is 17.9 Å². The Bertz CT molecular complexity index is 1520. The smallest absolute Gasteiger partial charge is 0.162 e. The second-order valence-corrected chi connectivity index (χ2v) is 9.71. The number of aromatic nitrogens is 3. The topological polar surface area (TPSA) is 100 Å². The Kier molecular flexibility index (Phi) is 8.00. The monoisotopic (exact) mass is 540 g/mol. The molecule has 1 N–H and O–H groups in total. The number of aromatic hydroxyl groups is 1. The third-order valence-electron chi connectivity index (χ3n) is 6.60. The van der Waals surface area contributed by atoms with Crippen molar-refractivity contribution in [1.29, 1.82) is 0 Å². The van der Waals surface area contributed by atoms with Crippen LogP contribution in [-0.4, -0.2) is 40.0 Å². The number of allylic oxidation sites excluding steroid dienone is 2. The molecule has 3 aromatic carbocycles. The molecule has 1 aromatic heterocycles. The maximum atomic E-state index is 9.53. The van der Waals surface area contributed by atoms with Crippen molar-refractivity contribution in [3.8, 4) is 28.7 Å². The number of ether oxygens (including phenoxy) is 3. The molecule has 0 fully saturated rings. The summed E-state index contributed by atoms with van der Waals surface area (Å²) >= 11 is 0. The van der Waals surface area contributed by atoms with Gasteiger partial charge in [-0.1, -0.05) is 34.2 Å². The number of oxime groups is 1. The Morgan fingerprint density at radius 1 is 1.07 bits per heavy atom. The Balaban J connectivity index is 1.42. The lowest BCUT2D eigenvalue weighted by atomic mass is 9.93. The van der Waals surface area contributed by atoms with Crippen LogP contribution in [0.25, 0.3) is 5.69 Å². The standard InChI is InChI=1S/C31H32N4O5/c1-20(2)5-6-22-15-27-28(33-39-19-23-18-35(34-32-23)24-9-11-25(36)12-10-24)16-30(40-31(27)17-29(22)38-4)21-7-13-26(37-3)14-8-21/h5,7-15,17-18,30,36H,6,16,19H2,1-4H3/b33-28-/t30-/m0/s1. The number of benzene rings is 3. The van der Waals surface area contributed by atoms with Gasteiger partial charge < -0.3 is 24.2 Å². The highest BCUT2D eigenvalue weighted by atomic mass is 16.6. The fourth-order valence-corrected chi connectivity index (χ4v) is 4.44. The van der Waals surface area contributed by atoms with Crippen LogP contribution >= 0.6 is 0 Å². The van der Waals surface area contributed by atoms with Gasteiger partial charge in [-0.3, -0.25) is 0 Å². The molecule has 9 heteroatoms. The zero-order valence-corrected chi connectivity index (χ0v) is 23.0. The summed E-state index contributed by atoms with van der Waals surface area (Å²) in [7, 11) is 3.31. The third kappa shape index (κ3) is 6.09. The van der Waals surface area contributed by atoms with E-state index in [9.17, 15) is 5.11 Å². The maximum absolute atomic E-state index is 9.53. The van der Waals surface area contributed by atoms with Gasteiger partial charge in [-0.15, -0.1) is 5.10 Å². The Morgan fingerprint density at radius 2 is 1.85 bits per heavy atom. The largest absolute Gasteiger partial charge is 0.508 e. The summed E-state index contributed by atoms with van der Waals surface area (Å²) < 4.78 is 19.1. The average molecular weight is 541 g/mol. The molecule has 0 spiro atoms. The number of methoxy groups -OCH3 is 2. The first-order valence-electron chi connectivity index (χ1n) is 13.0. The van der Waals surface area contributed by atoms with Crippen LogP contribution < -0.4 is 14.2 Å². The van der Waals surface area contributed by atoms with E-state index in [0.29, 0.717) is 17.9 Å². The number of fused-ring (bicyclic) bond motifs is 1. The van der Waals surface area contributed by atoms with E-state index in [0.717, 1.165) is 46.0 Å². The molecule has 5 rings (SSSR count). The molecule has 1 atom stereocenters. The van der Waals surface area contributed by atoms with Gasteiger partial charge in [0.05, 0.1) is 31.8 Å². The quantitative estimate of drug-likeness (QED) is 0.207. The van der Waals surface area contributed by atoms with Crippen molar-refractivity contribution in [1.82, 2.24) is 15.0 Å². The molecule has 0 unspecified atom stereocenters. The molecular formula is C31H32N4O5. The minimum Gasteiger partial charge on any atom is -0.508 e. The summed E-state index contributed by atoms with van der Waals surface area (Å²) in [4.78, 5) is 5.81. The van der Waals surface area contributed by atoms with E-state index >= 15 is 0 Å². The number of nitrogens with zero attached hydrogens (tertiary/aromatic N) is 4. The summed E-state index contributed by atoms with van der Waals surface area (Å²) in [5, 5.41) is 22.4. The maximum Gasteiger partial charge on any atom is 0.162 e. The van der Waals surface area contributed by atoms with E-state index in [-0.39, 0.29) is 18.5 Å². The molecule has 1 aliphatic heterocycles. The zero-order chi connectivity index (χ0) is 28.1. The van der Waals surface area contributed by atoms with Crippen LogP contribution in [0.2, 0.25) is 0 Å². The molecule has 0 bridgehead atoms. The number of phenolic OH excluding ortho intramolecular Hbond substituents is 1. The molecule has 0 radical (unpaired) electrons. The number of hydrogen-bond donors (Lipinski definition) is 1. The Labute approximate surface area is 233 Å². The predicted molar refractivity (Wildman–Crippen MR) is 151 cm³/mol. The summed E-state index contributed by atoms with van der Waals surface area (Å²) in [6.07, 6.45) is 4.93. The fourth-order valence-electron chi connectivity index (χ4n) is 4.44. The molecule has 2 heterocycles. The van der Waals surface area contributed by atoms with E-state index in [1.165, 1.54) is 5.57 Å². The van der Waals surface area contributed by atoms with Crippen molar-refractivity contribution < 1.29 is 24.2 Å². The molecule has 0 aliphatic carbocycles. The van der Waals surface area contributed by atoms with Gasteiger partial charge in [0.25, 0.3) is 0 Å². The molecule has 206 valence electrons. The average Bonchev–Trinajstić information content (AvgIpc) is 3.44. The van der Waals surface area contributed by atoms with E-state index in [1.807, 2.05) is 30.3 Å². The van der Waals surface area contributed by atoms with E-state index < -0.39 is 0 Å². The lowest BCUT2D eigenvalue weighted by Gasteiger charge is -2.28. The summed E-state index contributed by atoms with van der Waals surface area (Å²) in [6.45, 7) is 4.30. The van der Waals surface area contributed by atoms with Crippen LogP contribution in [0.4, 0.5) is 0 Å². The molecule has 0 amide bonds. The molecule has 0 saturated carbocycles. The molecular weight excluding hydrogens is 508 g/mol. The minimum absolute atomic E-state index is 0.145. The van der Waals surface area contributed by atoms with Gasteiger partial charge in [-0.05, 0) is 73.9 Å². The van der Waals surface area contributed by atoms with Crippen LogP contribution in [0, 0.1) is 0 Å². The van der Waals surface area contributed by atoms with Gasteiger partial charge in [-0.2, -0.15) is 0 Å². The zero-order valence-electron chi connectivity index (χ0n) is 23.0. The molecule has 40 heavy (non-hydrogen) atoms. The molecule has 4 aromatic rings. The van der Waals surface area contributed by atoms with Gasteiger partial charge in [0.15, 0.2) is 6.61 Å². The minimum atomic E-state index is -0.260. The van der Waals surface area contributed by atoms with Gasteiger partial charge >= 0.3 is 0 Å². The highest BCUT2D eigenvalue weighted by Crippen LogP contribution is 2.40. The van der Waals surface area contributed by atoms with Crippen molar-refractivity contribution in [3.63, 3.8) is 0 Å². The van der Waals surface area contributed by atoms with E-state index in [4.69, 9.17) is 19.0 Å². The number of rotatable bonds is 9. The first-order valence-corrected chi connectivity index (χ1v) is 13.0. The highest BCUT2D eigenvalue weighted by molar-refractivity contribution is 6.04. The number of hydrogen-bond acceptors (Lipinski definition) is 8. The molecule has 9 nitrogen and oxygen atoms in total. The summed E-state index contributed by atoms with van der Waals surface area (Å²) in [6, 6.07) is 18.5. The highest BCUT2D eigenvalue weighted by Gasteiger charge is 2.28. The van der Waals surface area contributed by atoms with Gasteiger partial charge in [0.2, 0.25) is 0 Å². The molecule has 0 saturated heterocycles. The normalized spacial score (nSPS) is 15.2. The van der Waals surface area contributed by atoms with Crippen LogP contribution in [0.15, 0.2) is 83.7 Å². The third-order valence-corrected chi connectivity index (χ3v) is 6.60.